The Morgan fingerprint density at radius 3 is 2.68 bits per heavy atom. The average molecular weight is 506 g/mol. The molecule has 1 heterocycles. The van der Waals surface area contributed by atoms with Crippen LogP contribution in [0.5, 0.6) is 11.5 Å². The van der Waals surface area contributed by atoms with Crippen molar-refractivity contribution in [2.75, 3.05) is 17.7 Å². The Hall–Kier alpha value is -3.31. The Morgan fingerprint density at radius 2 is 1.97 bits per heavy atom. The second-order valence-corrected chi connectivity index (χ2v) is 8.42. The molecule has 0 spiro atoms. The molecule has 0 radical (unpaired) electrons. The van der Waals surface area contributed by atoms with Gasteiger partial charge in [-0.25, -0.2) is 0 Å². The van der Waals surface area contributed by atoms with E-state index in [4.69, 9.17) is 21.1 Å². The lowest BCUT2D eigenvalue weighted by Gasteiger charge is -2.13. The van der Waals surface area contributed by atoms with Gasteiger partial charge in [0, 0.05) is 18.7 Å². The van der Waals surface area contributed by atoms with Crippen LogP contribution >= 0.6 is 23.4 Å². The molecule has 0 saturated carbocycles. The number of non-ortho nitro benzene ring substituents is 1. The molecule has 1 N–H and O–H groups in total. The number of aromatic nitrogens is 3. The number of carbonyl (C=O) groups is 1. The summed E-state index contributed by atoms with van der Waals surface area (Å²) in [5, 5.41) is 22.7. The van der Waals surface area contributed by atoms with Crippen molar-refractivity contribution in [2.45, 2.75) is 39.1 Å². The molecule has 1 aromatic heterocycles. The normalized spacial score (nSPS) is 10.7. The van der Waals surface area contributed by atoms with Crippen molar-refractivity contribution in [3.8, 4) is 11.5 Å². The Morgan fingerprint density at radius 1 is 1.18 bits per heavy atom. The number of rotatable bonds is 11. The first kappa shape index (κ1) is 25.3. The van der Waals surface area contributed by atoms with Crippen molar-refractivity contribution >= 4 is 40.6 Å². The van der Waals surface area contributed by atoms with Gasteiger partial charge in [-0.15, -0.1) is 10.2 Å². The highest BCUT2D eigenvalue weighted by atomic mass is 35.5. The number of ether oxygens (including phenoxy) is 2. The molecule has 34 heavy (non-hydrogen) atoms. The number of halogens is 1. The third-order valence-corrected chi connectivity index (χ3v) is 5.93. The summed E-state index contributed by atoms with van der Waals surface area (Å²) in [5.41, 5.74) is 1.08. The highest BCUT2D eigenvalue weighted by Crippen LogP contribution is 2.30. The summed E-state index contributed by atoms with van der Waals surface area (Å²) in [4.78, 5) is 22.8. The topological polar surface area (TPSA) is 121 Å². The van der Waals surface area contributed by atoms with Gasteiger partial charge in [-0.05, 0) is 44.5 Å². The maximum atomic E-state index is 12.4. The second kappa shape index (κ2) is 11.7. The predicted molar refractivity (Wildman–Crippen MR) is 130 cm³/mol. The summed E-state index contributed by atoms with van der Waals surface area (Å²) in [7, 11) is 0. The number of anilines is 1. The van der Waals surface area contributed by atoms with E-state index in [9.17, 15) is 14.9 Å². The van der Waals surface area contributed by atoms with Crippen LogP contribution in [0.3, 0.4) is 0 Å². The number of thioether (sulfide) groups is 1. The number of benzene rings is 2. The van der Waals surface area contributed by atoms with E-state index < -0.39 is 4.92 Å². The molecular formula is C22H24ClN5O5S. The van der Waals surface area contributed by atoms with Crippen molar-refractivity contribution in [2.24, 2.45) is 0 Å². The molecule has 10 nitrogen and oxygen atoms in total. The van der Waals surface area contributed by atoms with Crippen LogP contribution in [-0.2, 0) is 17.9 Å². The van der Waals surface area contributed by atoms with E-state index in [1.807, 2.05) is 43.5 Å². The minimum absolute atomic E-state index is 0.0183. The molecule has 0 aliphatic carbocycles. The number of aryl methyl sites for hydroxylation is 1. The molecule has 0 fully saturated rings. The van der Waals surface area contributed by atoms with Crippen molar-refractivity contribution in [1.29, 1.82) is 0 Å². The zero-order chi connectivity index (χ0) is 24.7. The molecule has 0 unspecified atom stereocenters. The summed E-state index contributed by atoms with van der Waals surface area (Å²) in [6.07, 6.45) is 0. The number of hydrogen-bond acceptors (Lipinski definition) is 8. The van der Waals surface area contributed by atoms with Gasteiger partial charge in [0.25, 0.3) is 5.69 Å². The number of nitro groups is 1. The standard InChI is InChI=1S/C22H24ClN5O5S/c1-4-27-20(12-33-18-9-6-14(3)10-19(18)32-5-2)25-26-22(27)34-13-21(29)24-17-11-15(28(30)31)7-8-16(17)23/h6-11H,4-5,12-13H2,1-3H3,(H,24,29). The van der Waals surface area contributed by atoms with Gasteiger partial charge in [0.2, 0.25) is 5.91 Å². The summed E-state index contributed by atoms with van der Waals surface area (Å²) in [6.45, 7) is 7.12. The van der Waals surface area contributed by atoms with Crippen LogP contribution in [0.1, 0.15) is 25.2 Å². The fourth-order valence-corrected chi connectivity index (χ4v) is 4.02. The summed E-state index contributed by atoms with van der Waals surface area (Å²) in [6, 6.07) is 9.57. The fraction of sp³-hybridized carbons (Fsp3) is 0.318. The second-order valence-electron chi connectivity index (χ2n) is 7.07. The smallest absolute Gasteiger partial charge is 0.271 e. The Bertz CT molecular complexity index is 1190. The summed E-state index contributed by atoms with van der Waals surface area (Å²) in [5.74, 6) is 1.52. The van der Waals surface area contributed by atoms with Gasteiger partial charge < -0.3 is 19.4 Å². The quantitative estimate of drug-likeness (QED) is 0.222. The molecule has 0 bridgehead atoms. The first-order valence-corrected chi connectivity index (χ1v) is 11.8. The highest BCUT2D eigenvalue weighted by Gasteiger charge is 2.16. The van der Waals surface area contributed by atoms with Gasteiger partial charge in [0.05, 0.1) is 28.0 Å². The molecule has 1 amide bonds. The molecule has 0 aliphatic heterocycles. The number of nitrogens with one attached hydrogen (secondary N) is 1. The van der Waals surface area contributed by atoms with Gasteiger partial charge in [-0.3, -0.25) is 14.9 Å². The van der Waals surface area contributed by atoms with Crippen LogP contribution in [0, 0.1) is 17.0 Å². The monoisotopic (exact) mass is 505 g/mol. The fourth-order valence-electron chi connectivity index (χ4n) is 3.03. The summed E-state index contributed by atoms with van der Waals surface area (Å²) < 4.78 is 13.4. The van der Waals surface area contributed by atoms with Crippen LogP contribution in [0.25, 0.3) is 0 Å². The minimum atomic E-state index is -0.554. The van der Waals surface area contributed by atoms with E-state index in [0.717, 1.165) is 5.56 Å². The average Bonchev–Trinajstić information content (AvgIpc) is 3.20. The molecule has 12 heteroatoms. The van der Waals surface area contributed by atoms with Crippen LogP contribution in [0.15, 0.2) is 41.6 Å². The lowest BCUT2D eigenvalue weighted by atomic mass is 10.2. The van der Waals surface area contributed by atoms with E-state index in [1.54, 1.807) is 0 Å². The van der Waals surface area contributed by atoms with Crippen molar-refractivity contribution in [1.82, 2.24) is 14.8 Å². The van der Waals surface area contributed by atoms with Crippen LogP contribution < -0.4 is 14.8 Å². The molecule has 0 atom stereocenters. The first-order chi connectivity index (χ1) is 16.3. The highest BCUT2D eigenvalue weighted by molar-refractivity contribution is 7.99. The molecule has 0 saturated heterocycles. The predicted octanol–water partition coefficient (Wildman–Crippen LogP) is 4.88. The number of carbonyl (C=O) groups excluding carboxylic acids is 1. The minimum Gasteiger partial charge on any atom is -0.490 e. The molecule has 0 aliphatic rings. The van der Waals surface area contributed by atoms with Crippen molar-refractivity contribution in [3.63, 3.8) is 0 Å². The molecular weight excluding hydrogens is 482 g/mol. The first-order valence-electron chi connectivity index (χ1n) is 10.5. The Kier molecular flexibility index (Phi) is 8.72. The molecule has 3 aromatic rings. The van der Waals surface area contributed by atoms with Crippen LogP contribution in [-0.4, -0.2) is 38.0 Å². The summed E-state index contributed by atoms with van der Waals surface area (Å²) >= 11 is 7.24. The van der Waals surface area contributed by atoms with E-state index in [2.05, 4.69) is 15.5 Å². The van der Waals surface area contributed by atoms with Gasteiger partial charge in [-0.2, -0.15) is 0 Å². The van der Waals surface area contributed by atoms with Gasteiger partial charge >= 0.3 is 0 Å². The maximum absolute atomic E-state index is 12.4. The Labute approximate surface area is 205 Å². The van der Waals surface area contributed by atoms with Crippen molar-refractivity contribution in [3.05, 3.63) is 62.9 Å². The van der Waals surface area contributed by atoms with Gasteiger partial charge in [-0.1, -0.05) is 29.4 Å². The van der Waals surface area contributed by atoms with Crippen LogP contribution in [0.2, 0.25) is 5.02 Å². The molecule has 3 rings (SSSR count). The Balaban J connectivity index is 1.63. The maximum Gasteiger partial charge on any atom is 0.271 e. The molecule has 2 aromatic carbocycles. The van der Waals surface area contributed by atoms with Gasteiger partial charge in [0.15, 0.2) is 22.5 Å². The molecule has 180 valence electrons. The largest absolute Gasteiger partial charge is 0.490 e. The van der Waals surface area contributed by atoms with E-state index in [-0.39, 0.29) is 34.7 Å². The van der Waals surface area contributed by atoms with Crippen molar-refractivity contribution < 1.29 is 19.2 Å². The van der Waals surface area contributed by atoms with Gasteiger partial charge in [0.1, 0.15) is 6.61 Å². The van der Waals surface area contributed by atoms with E-state index >= 15 is 0 Å². The lowest BCUT2D eigenvalue weighted by molar-refractivity contribution is -0.384. The number of nitrogens with zero attached hydrogens (tertiary/aromatic N) is 4. The van der Waals surface area contributed by atoms with E-state index in [0.29, 0.717) is 35.6 Å². The van der Waals surface area contributed by atoms with E-state index in [1.165, 1.54) is 30.0 Å². The zero-order valence-corrected chi connectivity index (χ0v) is 20.5. The van der Waals surface area contributed by atoms with Crippen LogP contribution in [0.4, 0.5) is 11.4 Å². The third-order valence-electron chi connectivity index (χ3n) is 4.63. The number of hydrogen-bond donors (Lipinski definition) is 1. The number of nitro benzene ring substituents is 1. The lowest BCUT2D eigenvalue weighted by Crippen LogP contribution is -2.15. The third kappa shape index (κ3) is 6.39. The SMILES string of the molecule is CCOc1cc(C)ccc1OCc1nnc(SCC(=O)Nc2cc([N+](=O)[O-])ccc2Cl)n1CC. The zero-order valence-electron chi connectivity index (χ0n) is 18.9. The number of amides is 1.